The maximum Gasteiger partial charge on any atom is 0.130 e. The van der Waals surface area contributed by atoms with E-state index in [1.54, 1.807) is 6.07 Å². The van der Waals surface area contributed by atoms with Crippen molar-refractivity contribution in [1.29, 1.82) is 0 Å². The summed E-state index contributed by atoms with van der Waals surface area (Å²) in [5, 5.41) is 9.56. The molecule has 1 unspecified atom stereocenters. The van der Waals surface area contributed by atoms with E-state index in [-0.39, 0.29) is 18.1 Å². The third-order valence-corrected chi connectivity index (χ3v) is 5.27. The number of nitrogens with zero attached hydrogens (tertiary/aromatic N) is 2. The van der Waals surface area contributed by atoms with Crippen molar-refractivity contribution >= 4 is 0 Å². The molecule has 2 heterocycles. The van der Waals surface area contributed by atoms with Gasteiger partial charge in [-0.3, -0.25) is 9.80 Å². The van der Waals surface area contributed by atoms with Crippen LogP contribution in [0.3, 0.4) is 0 Å². The minimum absolute atomic E-state index is 0.0217. The summed E-state index contributed by atoms with van der Waals surface area (Å²) in [6, 6.07) is 3.85. The van der Waals surface area contributed by atoms with Crippen LogP contribution in [0.15, 0.2) is 18.2 Å². The predicted molar refractivity (Wildman–Crippen MR) is 87.7 cm³/mol. The van der Waals surface area contributed by atoms with Crippen LogP contribution in [-0.2, 0) is 4.74 Å². The van der Waals surface area contributed by atoms with Crippen LogP contribution in [0, 0.1) is 17.0 Å². The summed E-state index contributed by atoms with van der Waals surface area (Å²) in [5.41, 5.74) is 0.474. The van der Waals surface area contributed by atoms with Crippen LogP contribution >= 0.6 is 0 Å². The average Bonchev–Trinajstić information content (AvgIpc) is 2.55. The first-order valence-corrected chi connectivity index (χ1v) is 8.67. The molecule has 1 atom stereocenters. The molecule has 6 heteroatoms. The van der Waals surface area contributed by atoms with Crippen LogP contribution in [0.5, 0.6) is 0 Å². The third-order valence-electron chi connectivity index (χ3n) is 5.27. The summed E-state index contributed by atoms with van der Waals surface area (Å²) < 4.78 is 32.5. The molecule has 0 bridgehead atoms. The average molecular weight is 340 g/mol. The lowest BCUT2D eigenvalue weighted by Crippen LogP contribution is -2.57. The van der Waals surface area contributed by atoms with Crippen molar-refractivity contribution in [2.75, 3.05) is 52.5 Å². The molecule has 134 valence electrons. The van der Waals surface area contributed by atoms with Gasteiger partial charge in [0.05, 0.1) is 25.2 Å². The van der Waals surface area contributed by atoms with Gasteiger partial charge < -0.3 is 9.84 Å². The molecule has 2 fully saturated rings. The van der Waals surface area contributed by atoms with Gasteiger partial charge in [0.1, 0.15) is 11.6 Å². The molecule has 0 aromatic heterocycles. The number of hydrogen-bond donors (Lipinski definition) is 1. The monoisotopic (exact) mass is 340 g/mol. The highest BCUT2D eigenvalue weighted by atomic mass is 19.1. The van der Waals surface area contributed by atoms with Gasteiger partial charge in [0.2, 0.25) is 0 Å². The minimum Gasteiger partial charge on any atom is -0.396 e. The Labute approximate surface area is 142 Å². The zero-order valence-corrected chi connectivity index (χ0v) is 14.2. The van der Waals surface area contributed by atoms with Gasteiger partial charge in [-0.25, -0.2) is 8.78 Å². The van der Waals surface area contributed by atoms with Crippen molar-refractivity contribution in [2.24, 2.45) is 5.41 Å². The first kappa shape index (κ1) is 17.7. The van der Waals surface area contributed by atoms with E-state index in [4.69, 9.17) is 4.74 Å². The Morgan fingerprint density at radius 2 is 1.92 bits per heavy atom. The van der Waals surface area contributed by atoms with Crippen molar-refractivity contribution in [3.63, 3.8) is 0 Å². The van der Waals surface area contributed by atoms with Crippen LogP contribution in [0.1, 0.15) is 24.9 Å². The molecule has 0 radical (unpaired) electrons. The summed E-state index contributed by atoms with van der Waals surface area (Å²) >= 11 is 0. The molecular formula is C18H26F2N2O2. The van der Waals surface area contributed by atoms with Crippen molar-refractivity contribution < 1.29 is 18.6 Å². The highest BCUT2D eigenvalue weighted by Gasteiger charge is 2.40. The lowest BCUT2D eigenvalue weighted by molar-refractivity contribution is -0.151. The fraction of sp³-hybridized carbons (Fsp3) is 0.667. The second-order valence-electron chi connectivity index (χ2n) is 7.05. The Morgan fingerprint density at radius 1 is 1.21 bits per heavy atom. The van der Waals surface area contributed by atoms with Gasteiger partial charge in [0.15, 0.2) is 0 Å². The van der Waals surface area contributed by atoms with Gasteiger partial charge >= 0.3 is 0 Å². The number of aliphatic hydroxyl groups is 1. The van der Waals surface area contributed by atoms with Crippen molar-refractivity contribution in [3.8, 4) is 0 Å². The number of rotatable bonds is 6. The van der Waals surface area contributed by atoms with E-state index in [1.807, 2.05) is 6.92 Å². The van der Waals surface area contributed by atoms with Gasteiger partial charge in [-0.05, 0) is 12.5 Å². The standard InChI is InChI=1S/C18H26F2N2O2/c1-2-17(15-4-3-14(19)9-16(15)20)22-7-5-21(6-8-22)10-18(11-23)12-24-13-18/h3-4,9,17,23H,2,5-8,10-13H2,1H3. The first-order valence-electron chi connectivity index (χ1n) is 8.67. The zero-order chi connectivity index (χ0) is 17.2. The van der Waals surface area contributed by atoms with Gasteiger partial charge in [0.25, 0.3) is 0 Å². The lowest BCUT2D eigenvalue weighted by Gasteiger charge is -2.46. The van der Waals surface area contributed by atoms with Crippen molar-refractivity contribution in [3.05, 3.63) is 35.4 Å². The predicted octanol–water partition coefficient (Wildman–Crippen LogP) is 2.04. The highest BCUT2D eigenvalue weighted by Crippen LogP contribution is 2.31. The van der Waals surface area contributed by atoms with E-state index in [0.717, 1.165) is 45.2 Å². The Kier molecular flexibility index (Phi) is 5.49. The molecule has 2 aliphatic rings. The molecule has 1 aromatic rings. The maximum absolute atomic E-state index is 14.1. The van der Waals surface area contributed by atoms with Gasteiger partial charge in [-0.2, -0.15) is 0 Å². The summed E-state index contributed by atoms with van der Waals surface area (Å²) in [4.78, 5) is 4.62. The number of hydrogen-bond acceptors (Lipinski definition) is 4. The minimum atomic E-state index is -0.534. The quantitative estimate of drug-likeness (QED) is 0.860. The van der Waals surface area contributed by atoms with E-state index < -0.39 is 11.6 Å². The molecular weight excluding hydrogens is 314 g/mol. The SMILES string of the molecule is CCC(c1ccc(F)cc1F)N1CCN(CC2(CO)COC2)CC1. The van der Waals surface area contributed by atoms with Crippen LogP contribution in [-0.4, -0.2) is 67.5 Å². The fourth-order valence-corrected chi connectivity index (χ4v) is 3.78. The summed E-state index contributed by atoms with van der Waals surface area (Å²) in [7, 11) is 0. The van der Waals surface area contributed by atoms with Gasteiger partial charge in [-0.1, -0.05) is 13.0 Å². The van der Waals surface area contributed by atoms with E-state index >= 15 is 0 Å². The molecule has 24 heavy (non-hydrogen) atoms. The molecule has 2 aliphatic heterocycles. The second kappa shape index (κ2) is 7.44. The molecule has 0 saturated carbocycles. The van der Waals surface area contributed by atoms with Crippen molar-refractivity contribution in [1.82, 2.24) is 9.80 Å². The van der Waals surface area contributed by atoms with Crippen molar-refractivity contribution in [2.45, 2.75) is 19.4 Å². The molecule has 0 amide bonds. The second-order valence-corrected chi connectivity index (χ2v) is 7.05. The number of benzene rings is 1. The maximum atomic E-state index is 14.1. The Morgan fingerprint density at radius 3 is 2.42 bits per heavy atom. The molecule has 1 N–H and O–H groups in total. The van der Waals surface area contributed by atoms with E-state index in [1.165, 1.54) is 6.07 Å². The molecule has 3 rings (SSSR count). The van der Waals surface area contributed by atoms with Gasteiger partial charge in [-0.15, -0.1) is 0 Å². The summed E-state index contributed by atoms with van der Waals surface area (Å²) in [6.45, 7) is 7.76. The van der Waals surface area contributed by atoms with E-state index in [9.17, 15) is 13.9 Å². The molecule has 0 aliphatic carbocycles. The number of aliphatic hydroxyl groups excluding tert-OH is 1. The molecule has 0 spiro atoms. The molecule has 4 nitrogen and oxygen atoms in total. The van der Waals surface area contributed by atoms with E-state index in [2.05, 4.69) is 9.80 Å². The smallest absolute Gasteiger partial charge is 0.130 e. The fourth-order valence-electron chi connectivity index (χ4n) is 3.78. The summed E-state index contributed by atoms with van der Waals surface area (Å²) in [6.07, 6.45) is 0.789. The van der Waals surface area contributed by atoms with E-state index in [0.29, 0.717) is 18.8 Å². The zero-order valence-electron chi connectivity index (χ0n) is 14.2. The Balaban J connectivity index is 1.60. The lowest BCUT2D eigenvalue weighted by atomic mass is 9.86. The number of halogens is 2. The van der Waals surface area contributed by atoms with Crippen LogP contribution in [0.25, 0.3) is 0 Å². The normalized spacial score (nSPS) is 23.0. The molecule has 1 aromatic carbocycles. The van der Waals surface area contributed by atoms with Crippen LogP contribution in [0.4, 0.5) is 8.78 Å². The molecule has 2 saturated heterocycles. The Hall–Kier alpha value is -1.08. The third kappa shape index (κ3) is 3.61. The van der Waals surface area contributed by atoms with Crippen LogP contribution < -0.4 is 0 Å². The number of ether oxygens (including phenoxy) is 1. The topological polar surface area (TPSA) is 35.9 Å². The van der Waals surface area contributed by atoms with Crippen LogP contribution in [0.2, 0.25) is 0 Å². The van der Waals surface area contributed by atoms with Gasteiger partial charge in [0, 0.05) is 50.4 Å². The number of piperazine rings is 1. The first-order chi connectivity index (χ1) is 11.6. The summed E-state index contributed by atoms with van der Waals surface area (Å²) in [5.74, 6) is -0.997. The highest BCUT2D eigenvalue weighted by molar-refractivity contribution is 5.22. The Bertz CT molecular complexity index is 552. The largest absolute Gasteiger partial charge is 0.396 e.